The van der Waals surface area contributed by atoms with E-state index in [1.807, 2.05) is 18.2 Å². The molecule has 0 spiro atoms. The summed E-state index contributed by atoms with van der Waals surface area (Å²) in [7, 11) is 0. The van der Waals surface area contributed by atoms with Crippen LogP contribution in [-0.4, -0.2) is 11.4 Å². The Kier molecular flexibility index (Phi) is 3.08. The molecule has 0 bridgehead atoms. The van der Waals surface area contributed by atoms with Crippen molar-refractivity contribution >= 4 is 18.0 Å². The summed E-state index contributed by atoms with van der Waals surface area (Å²) in [6.07, 6.45) is 0.559. The van der Waals surface area contributed by atoms with E-state index >= 15 is 0 Å². The van der Waals surface area contributed by atoms with Gasteiger partial charge in [0.1, 0.15) is 0 Å². The molecule has 0 atom stereocenters. The quantitative estimate of drug-likeness (QED) is 0.332. The molecule has 12 heavy (non-hydrogen) atoms. The van der Waals surface area contributed by atoms with Gasteiger partial charge in [-0.3, -0.25) is 9.80 Å². The van der Waals surface area contributed by atoms with E-state index in [-0.39, 0.29) is 0 Å². The van der Waals surface area contributed by atoms with Crippen molar-refractivity contribution in [3.05, 3.63) is 34.9 Å². The standard InChI is InChI=1S/C8H9ClN2O/c9-8-4-2-1-3-7(8)5-11(10)6-12/h1-4,6H,5,10H2. The van der Waals surface area contributed by atoms with Crippen LogP contribution in [0.2, 0.25) is 5.02 Å². The van der Waals surface area contributed by atoms with E-state index in [1.165, 1.54) is 0 Å². The van der Waals surface area contributed by atoms with Gasteiger partial charge >= 0.3 is 0 Å². The topological polar surface area (TPSA) is 46.3 Å². The molecule has 3 nitrogen and oxygen atoms in total. The summed E-state index contributed by atoms with van der Waals surface area (Å²) in [5.74, 6) is 5.28. The van der Waals surface area contributed by atoms with Crippen molar-refractivity contribution in [2.24, 2.45) is 5.84 Å². The zero-order valence-electron chi connectivity index (χ0n) is 6.40. The molecule has 1 aromatic rings. The van der Waals surface area contributed by atoms with Crippen LogP contribution < -0.4 is 5.84 Å². The van der Waals surface area contributed by atoms with Crippen LogP contribution in [0, 0.1) is 0 Å². The van der Waals surface area contributed by atoms with Crippen molar-refractivity contribution in [1.82, 2.24) is 5.01 Å². The molecule has 0 unspecified atom stereocenters. The second-order valence-corrected chi connectivity index (χ2v) is 2.78. The van der Waals surface area contributed by atoms with Gasteiger partial charge in [-0.2, -0.15) is 0 Å². The van der Waals surface area contributed by atoms with E-state index in [4.69, 9.17) is 17.4 Å². The van der Waals surface area contributed by atoms with Crippen LogP contribution >= 0.6 is 11.6 Å². The number of hydrogen-bond acceptors (Lipinski definition) is 2. The number of rotatable bonds is 3. The van der Waals surface area contributed by atoms with E-state index < -0.39 is 0 Å². The van der Waals surface area contributed by atoms with Crippen LogP contribution in [0.3, 0.4) is 0 Å². The van der Waals surface area contributed by atoms with E-state index in [2.05, 4.69) is 0 Å². The summed E-state index contributed by atoms with van der Waals surface area (Å²) in [5.41, 5.74) is 0.841. The minimum atomic E-state index is 0.336. The summed E-state index contributed by atoms with van der Waals surface area (Å²) in [4.78, 5) is 10.2. The highest BCUT2D eigenvalue weighted by Crippen LogP contribution is 2.15. The normalized spacial score (nSPS) is 9.50. The third-order valence-corrected chi connectivity index (χ3v) is 1.81. The third kappa shape index (κ3) is 2.22. The van der Waals surface area contributed by atoms with Crippen LogP contribution in [0.4, 0.5) is 0 Å². The molecule has 0 aliphatic heterocycles. The van der Waals surface area contributed by atoms with E-state index in [1.54, 1.807) is 6.07 Å². The number of nitrogens with zero attached hydrogens (tertiary/aromatic N) is 1. The molecule has 0 aromatic heterocycles. The number of carbonyl (C=O) groups excluding carboxylic acids is 1. The fourth-order valence-electron chi connectivity index (χ4n) is 0.861. The van der Waals surface area contributed by atoms with E-state index in [0.717, 1.165) is 10.6 Å². The van der Waals surface area contributed by atoms with Crippen LogP contribution in [-0.2, 0) is 11.3 Å². The van der Waals surface area contributed by atoms with Gasteiger partial charge in [0, 0.05) is 5.02 Å². The minimum Gasteiger partial charge on any atom is -0.279 e. The number of benzene rings is 1. The third-order valence-electron chi connectivity index (χ3n) is 1.45. The van der Waals surface area contributed by atoms with Gasteiger partial charge in [0.15, 0.2) is 0 Å². The summed E-state index contributed by atoms with van der Waals surface area (Å²) in [6.45, 7) is 0.336. The number of halogens is 1. The molecule has 0 heterocycles. The Morgan fingerprint density at radius 1 is 1.50 bits per heavy atom. The Bertz CT molecular complexity index is 278. The zero-order valence-corrected chi connectivity index (χ0v) is 7.16. The van der Waals surface area contributed by atoms with Gasteiger partial charge in [0.25, 0.3) is 0 Å². The SMILES string of the molecule is NN(C=O)Cc1ccccc1Cl. The Balaban J connectivity index is 2.75. The maximum Gasteiger partial charge on any atom is 0.223 e. The summed E-state index contributed by atoms with van der Waals surface area (Å²) in [5, 5.41) is 1.66. The van der Waals surface area contributed by atoms with Gasteiger partial charge in [-0.1, -0.05) is 29.8 Å². The van der Waals surface area contributed by atoms with Gasteiger partial charge in [-0.15, -0.1) is 0 Å². The first-order chi connectivity index (χ1) is 5.74. The van der Waals surface area contributed by atoms with Crippen LogP contribution in [0.1, 0.15) is 5.56 Å². The average molecular weight is 185 g/mol. The predicted molar refractivity (Wildman–Crippen MR) is 47.2 cm³/mol. The molecule has 0 aliphatic carbocycles. The molecule has 2 N–H and O–H groups in total. The number of hydrogen-bond donors (Lipinski definition) is 1. The molecule has 1 rings (SSSR count). The molecular weight excluding hydrogens is 176 g/mol. The predicted octanol–water partition coefficient (Wildman–Crippen LogP) is 1.17. The van der Waals surface area contributed by atoms with Gasteiger partial charge in [0.2, 0.25) is 6.41 Å². The van der Waals surface area contributed by atoms with Crippen molar-refractivity contribution in [1.29, 1.82) is 0 Å². The molecule has 0 saturated heterocycles. The van der Waals surface area contributed by atoms with Crippen molar-refractivity contribution in [3.8, 4) is 0 Å². The Morgan fingerprint density at radius 3 is 2.75 bits per heavy atom. The molecule has 1 aromatic carbocycles. The van der Waals surface area contributed by atoms with Crippen molar-refractivity contribution < 1.29 is 4.79 Å². The van der Waals surface area contributed by atoms with Crippen LogP contribution in [0.5, 0.6) is 0 Å². The Labute approximate surface area is 75.7 Å². The lowest BCUT2D eigenvalue weighted by molar-refractivity contribution is -0.118. The summed E-state index contributed by atoms with van der Waals surface area (Å²) < 4.78 is 0. The smallest absolute Gasteiger partial charge is 0.223 e. The average Bonchev–Trinajstić information content (AvgIpc) is 2.09. The lowest BCUT2D eigenvalue weighted by Gasteiger charge is -2.10. The largest absolute Gasteiger partial charge is 0.279 e. The Morgan fingerprint density at radius 2 is 2.17 bits per heavy atom. The Hall–Kier alpha value is -1.06. The van der Waals surface area contributed by atoms with Crippen LogP contribution in [0.15, 0.2) is 24.3 Å². The molecule has 1 amide bonds. The maximum absolute atomic E-state index is 10.2. The summed E-state index contributed by atoms with van der Waals surface area (Å²) in [6, 6.07) is 7.26. The van der Waals surface area contributed by atoms with Crippen molar-refractivity contribution in [2.75, 3.05) is 0 Å². The van der Waals surface area contributed by atoms with E-state index in [9.17, 15) is 4.79 Å². The molecule has 64 valence electrons. The van der Waals surface area contributed by atoms with Gasteiger partial charge in [-0.05, 0) is 11.6 Å². The highest BCUT2D eigenvalue weighted by Gasteiger charge is 2.00. The zero-order chi connectivity index (χ0) is 8.97. The number of hydrazine groups is 1. The van der Waals surface area contributed by atoms with E-state index in [0.29, 0.717) is 18.0 Å². The lowest BCUT2D eigenvalue weighted by Crippen LogP contribution is -2.28. The second-order valence-electron chi connectivity index (χ2n) is 2.37. The second kappa shape index (κ2) is 4.09. The van der Waals surface area contributed by atoms with Gasteiger partial charge in [0.05, 0.1) is 6.54 Å². The van der Waals surface area contributed by atoms with Crippen molar-refractivity contribution in [2.45, 2.75) is 6.54 Å². The molecule has 4 heteroatoms. The molecular formula is C8H9ClN2O. The lowest BCUT2D eigenvalue weighted by atomic mass is 10.2. The van der Waals surface area contributed by atoms with Crippen molar-refractivity contribution in [3.63, 3.8) is 0 Å². The van der Waals surface area contributed by atoms with Crippen LogP contribution in [0.25, 0.3) is 0 Å². The molecule has 0 aliphatic rings. The fourth-order valence-corrected chi connectivity index (χ4v) is 1.06. The van der Waals surface area contributed by atoms with Gasteiger partial charge in [-0.25, -0.2) is 5.84 Å². The fraction of sp³-hybridized carbons (Fsp3) is 0.125. The molecule has 0 fully saturated rings. The minimum absolute atomic E-state index is 0.336. The number of nitrogens with two attached hydrogens (primary N) is 1. The number of amides is 1. The first-order valence-corrected chi connectivity index (χ1v) is 3.82. The highest BCUT2D eigenvalue weighted by molar-refractivity contribution is 6.31. The summed E-state index contributed by atoms with van der Waals surface area (Å²) >= 11 is 5.83. The van der Waals surface area contributed by atoms with Gasteiger partial charge < -0.3 is 0 Å². The maximum atomic E-state index is 10.2. The molecule has 0 radical (unpaired) electrons. The number of carbonyl (C=O) groups is 1. The highest BCUT2D eigenvalue weighted by atomic mass is 35.5. The molecule has 0 saturated carbocycles. The first-order valence-electron chi connectivity index (χ1n) is 3.44. The first kappa shape index (κ1) is 9.03. The monoisotopic (exact) mass is 184 g/mol.